The Labute approximate surface area is 233 Å². The van der Waals surface area contributed by atoms with E-state index in [4.69, 9.17) is 46.2 Å². The minimum atomic E-state index is -4.60. The number of aliphatic hydroxyl groups excluding tert-OH is 1. The average molecular weight is 600 g/mol. The van der Waals surface area contributed by atoms with Crippen molar-refractivity contribution in [1.82, 2.24) is 14.8 Å². The lowest BCUT2D eigenvalue weighted by Gasteiger charge is -2.25. The van der Waals surface area contributed by atoms with Crippen LogP contribution >= 0.6 is 19.4 Å². The molecule has 0 amide bonds. The van der Waals surface area contributed by atoms with E-state index >= 15 is 0 Å². The molecule has 2 unspecified atom stereocenters. The van der Waals surface area contributed by atoms with E-state index in [-0.39, 0.29) is 11.6 Å². The Hall–Kier alpha value is -3.58. The number of aromatic nitrogens is 3. The fourth-order valence-corrected chi connectivity index (χ4v) is 5.02. The number of nitrogens with zero attached hydrogens (tertiary/aromatic N) is 5. The second-order valence-electron chi connectivity index (χ2n) is 8.52. The van der Waals surface area contributed by atoms with E-state index in [1.165, 1.54) is 19.1 Å². The summed E-state index contributed by atoms with van der Waals surface area (Å²) < 4.78 is 41.6. The summed E-state index contributed by atoms with van der Waals surface area (Å²) in [7, 11) is -4.60. The number of ether oxygens (including phenoxy) is 2. The number of aliphatic hydroxyl groups is 1. The van der Waals surface area contributed by atoms with Gasteiger partial charge in [0.15, 0.2) is 12.3 Å². The van der Waals surface area contributed by atoms with Gasteiger partial charge in [0, 0.05) is 5.38 Å². The zero-order chi connectivity index (χ0) is 29.5. The first-order valence-corrected chi connectivity index (χ1v) is 13.5. The molecular formula is C22H27ClN7O9P. The van der Waals surface area contributed by atoms with E-state index in [1.807, 2.05) is 0 Å². The predicted octanol–water partition coefficient (Wildman–Crippen LogP) is 1.30. The van der Waals surface area contributed by atoms with E-state index in [2.05, 4.69) is 31.7 Å². The number of nitrogens with two attached hydrogens (primary N) is 2. The summed E-state index contributed by atoms with van der Waals surface area (Å²) >= 11 is 5.63. The van der Waals surface area contributed by atoms with Crippen LogP contribution in [0.15, 0.2) is 51.7 Å². The molecule has 2 aromatic rings. The largest absolute Gasteiger partial charge is 0.530 e. The quantitative estimate of drug-likeness (QED) is 0.0827. The number of anilines is 1. The van der Waals surface area contributed by atoms with Crippen LogP contribution in [0.3, 0.4) is 0 Å². The summed E-state index contributed by atoms with van der Waals surface area (Å²) in [6.07, 6.45) is -5.56. The van der Waals surface area contributed by atoms with Crippen LogP contribution in [0.1, 0.15) is 27.0 Å². The fourth-order valence-electron chi connectivity index (χ4n) is 3.53. The van der Waals surface area contributed by atoms with Gasteiger partial charge in [0.1, 0.15) is 23.8 Å². The molecular weight excluding hydrogens is 573 g/mol. The lowest BCUT2D eigenvalue weighted by Crippen LogP contribution is -2.47. The standard InChI is InChI=1S/C22H27ClN7O9P/c1-13(2)36-19(32)14(3)38-40(34,39-15-7-5-4-6-8-15)35-12-16-18(31)22(9-10-23,28-29-25)20(37-16)30-21(33)27-17(24)11-26-30/h4-8,11,13-14,16,18,20,31H,12H2,1-3H3,(H2,25,28)(H2,24,27,33)/t14-,16+,18?,20+,22+,40?/m0/s1. The molecule has 2 heterocycles. The molecule has 0 bridgehead atoms. The number of phosphoric ester groups is 1. The van der Waals surface area contributed by atoms with Gasteiger partial charge >= 0.3 is 19.5 Å². The highest BCUT2D eigenvalue weighted by Crippen LogP contribution is 2.52. The van der Waals surface area contributed by atoms with Gasteiger partial charge in [0.05, 0.1) is 18.9 Å². The van der Waals surface area contributed by atoms with E-state index in [1.54, 1.807) is 32.0 Å². The highest BCUT2D eigenvalue weighted by Gasteiger charge is 2.59. The Kier molecular flexibility index (Phi) is 10.2. The fraction of sp³-hybridized carbons (Fsp3) is 0.455. The second-order valence-corrected chi connectivity index (χ2v) is 10.3. The number of benzene rings is 1. The summed E-state index contributed by atoms with van der Waals surface area (Å²) in [5.41, 5.74) is 2.45. The van der Waals surface area contributed by atoms with Crippen LogP contribution in [0, 0.1) is 11.3 Å². The summed E-state index contributed by atoms with van der Waals surface area (Å²) in [6, 6.07) is 7.85. The lowest BCUT2D eigenvalue weighted by molar-refractivity contribution is -0.156. The Morgan fingerprint density at radius 3 is 2.65 bits per heavy atom. The number of rotatable bonds is 11. The molecule has 1 aromatic heterocycles. The van der Waals surface area contributed by atoms with Crippen molar-refractivity contribution < 1.29 is 37.5 Å². The van der Waals surface area contributed by atoms with E-state index in [9.17, 15) is 19.3 Å². The number of hydrogen-bond acceptors (Lipinski definition) is 14. The molecule has 1 aliphatic heterocycles. The maximum Gasteiger partial charge on any atom is 0.530 e. The Balaban J connectivity index is 1.93. The molecule has 1 aromatic carbocycles. The number of phosphoric acid groups is 1. The highest BCUT2D eigenvalue weighted by molar-refractivity contribution is 7.49. The van der Waals surface area contributed by atoms with E-state index in [0.717, 1.165) is 6.20 Å². The smallest absolute Gasteiger partial charge is 0.461 e. The number of esters is 1. The molecule has 16 nitrogen and oxygen atoms in total. The maximum atomic E-state index is 13.7. The first kappa shape index (κ1) is 31.0. The number of nitrogen functional groups attached to an aromatic ring is 1. The summed E-state index contributed by atoms with van der Waals surface area (Å²) in [4.78, 5) is 28.4. The molecule has 216 valence electrons. The van der Waals surface area contributed by atoms with Gasteiger partial charge in [-0.1, -0.05) is 23.4 Å². The molecule has 6 atom stereocenters. The van der Waals surface area contributed by atoms with Crippen molar-refractivity contribution in [2.45, 2.75) is 57.0 Å². The van der Waals surface area contributed by atoms with Gasteiger partial charge in [0.25, 0.3) is 0 Å². The van der Waals surface area contributed by atoms with Gasteiger partial charge < -0.3 is 30.7 Å². The van der Waals surface area contributed by atoms with Crippen molar-refractivity contribution in [3.63, 3.8) is 0 Å². The molecule has 1 saturated heterocycles. The third kappa shape index (κ3) is 7.13. The Morgan fingerprint density at radius 2 is 2.05 bits per heavy atom. The van der Waals surface area contributed by atoms with Crippen molar-refractivity contribution in [3.05, 3.63) is 47.0 Å². The molecule has 1 fully saturated rings. The number of halogens is 1. The van der Waals surface area contributed by atoms with Crippen LogP contribution in [0.2, 0.25) is 0 Å². The monoisotopic (exact) mass is 599 g/mol. The predicted molar refractivity (Wildman–Crippen MR) is 138 cm³/mol. The lowest BCUT2D eigenvalue weighted by atomic mass is 9.92. The summed E-state index contributed by atoms with van der Waals surface area (Å²) in [6.45, 7) is 3.85. The SMILES string of the molecule is CC(C)OC(=O)[C@H](C)OP(=O)(OC[C@H]1O[C@@H](n2ncc(N)nc2=O)[C@](C#CCl)(N=NN)C1O)Oc1ccccc1. The number of para-hydroxylation sites is 1. The number of hydrogen-bond donors (Lipinski definition) is 3. The molecule has 1 aliphatic rings. The minimum Gasteiger partial charge on any atom is -0.461 e. The van der Waals surface area contributed by atoms with Crippen LogP contribution in [0.5, 0.6) is 5.75 Å². The third-order valence-corrected chi connectivity index (χ3v) is 6.81. The Morgan fingerprint density at radius 1 is 1.35 bits per heavy atom. The number of carbonyl (C=O) groups excluding carboxylic acids is 1. The van der Waals surface area contributed by atoms with Crippen LogP contribution in [0.25, 0.3) is 0 Å². The maximum absolute atomic E-state index is 13.7. The van der Waals surface area contributed by atoms with Gasteiger partial charge in [-0.25, -0.2) is 14.2 Å². The van der Waals surface area contributed by atoms with Crippen molar-refractivity contribution in [2.75, 3.05) is 12.3 Å². The van der Waals surface area contributed by atoms with Gasteiger partial charge in [0.2, 0.25) is 5.54 Å². The molecule has 0 radical (unpaired) electrons. The molecule has 5 N–H and O–H groups in total. The molecule has 18 heteroatoms. The first-order valence-electron chi connectivity index (χ1n) is 11.6. The zero-order valence-electron chi connectivity index (χ0n) is 21.5. The first-order chi connectivity index (χ1) is 18.9. The van der Waals surface area contributed by atoms with E-state index in [0.29, 0.717) is 4.68 Å². The van der Waals surface area contributed by atoms with Crippen LogP contribution < -0.4 is 21.8 Å². The van der Waals surface area contributed by atoms with Gasteiger partial charge in [-0.2, -0.15) is 14.8 Å². The van der Waals surface area contributed by atoms with Gasteiger partial charge in [-0.15, -0.1) is 5.11 Å². The molecule has 0 saturated carbocycles. The van der Waals surface area contributed by atoms with Crippen molar-refractivity contribution >= 4 is 31.2 Å². The minimum absolute atomic E-state index is 0.0870. The van der Waals surface area contributed by atoms with Gasteiger partial charge in [-0.05, 0) is 50.4 Å². The Bertz CT molecular complexity index is 1380. The van der Waals surface area contributed by atoms with Crippen LogP contribution in [-0.2, 0) is 27.9 Å². The normalized spacial score (nSPS) is 24.7. The van der Waals surface area contributed by atoms with Crippen molar-refractivity contribution in [2.24, 2.45) is 16.2 Å². The highest BCUT2D eigenvalue weighted by atomic mass is 35.5. The second kappa shape index (κ2) is 13.2. The summed E-state index contributed by atoms with van der Waals surface area (Å²) in [5, 5.41) is 24.1. The van der Waals surface area contributed by atoms with Gasteiger partial charge in [-0.3, -0.25) is 9.05 Å². The van der Waals surface area contributed by atoms with Crippen molar-refractivity contribution in [1.29, 1.82) is 0 Å². The van der Waals surface area contributed by atoms with E-state index < -0.39 is 62.3 Å². The molecule has 40 heavy (non-hydrogen) atoms. The summed E-state index contributed by atoms with van der Waals surface area (Å²) in [5.74, 6) is 6.76. The van der Waals surface area contributed by atoms with Crippen LogP contribution in [-0.4, -0.2) is 62.4 Å². The van der Waals surface area contributed by atoms with Crippen molar-refractivity contribution in [3.8, 4) is 17.0 Å². The molecule has 3 rings (SSSR count). The molecule has 0 spiro atoms. The third-order valence-electron chi connectivity index (χ3n) is 5.24. The van der Waals surface area contributed by atoms with Crippen LogP contribution in [0.4, 0.5) is 5.82 Å². The average Bonchev–Trinajstić information content (AvgIpc) is 3.14. The topological polar surface area (TPSA) is 225 Å². The zero-order valence-corrected chi connectivity index (χ0v) is 23.1. The molecule has 0 aliphatic carbocycles. The number of carbonyl (C=O) groups is 1.